The van der Waals surface area contributed by atoms with Crippen molar-refractivity contribution in [3.63, 3.8) is 0 Å². The Morgan fingerprint density at radius 2 is 2.00 bits per heavy atom. The lowest BCUT2D eigenvalue weighted by Gasteiger charge is -2.11. The molecule has 1 aliphatic heterocycles. The highest BCUT2D eigenvalue weighted by Gasteiger charge is 2.21. The van der Waals surface area contributed by atoms with Gasteiger partial charge in [-0.25, -0.2) is 18.1 Å². The molecule has 1 aromatic rings. The zero-order chi connectivity index (χ0) is 17.0. The van der Waals surface area contributed by atoms with E-state index in [9.17, 15) is 8.42 Å². The van der Waals surface area contributed by atoms with Crippen molar-refractivity contribution in [3.05, 3.63) is 29.8 Å². The molecule has 1 atom stereocenters. The summed E-state index contributed by atoms with van der Waals surface area (Å²) in [6.07, 6.45) is 4.15. The molecule has 7 nitrogen and oxygen atoms in total. The highest BCUT2D eigenvalue weighted by molar-refractivity contribution is 7.89. The van der Waals surface area contributed by atoms with E-state index in [2.05, 4.69) is 15.0 Å². The lowest BCUT2D eigenvalue weighted by molar-refractivity contribution is 0.114. The third kappa shape index (κ3) is 4.93. The van der Waals surface area contributed by atoms with Crippen LogP contribution in [0.3, 0.4) is 0 Å². The van der Waals surface area contributed by atoms with Crippen LogP contribution in [0.5, 0.6) is 0 Å². The zero-order valence-corrected chi connectivity index (χ0v) is 14.4. The molecule has 0 aromatic heterocycles. The van der Waals surface area contributed by atoms with E-state index in [-0.39, 0.29) is 11.0 Å². The van der Waals surface area contributed by atoms with Crippen molar-refractivity contribution in [2.45, 2.75) is 49.3 Å². The van der Waals surface area contributed by atoms with Gasteiger partial charge in [-0.05, 0) is 43.4 Å². The van der Waals surface area contributed by atoms with Crippen molar-refractivity contribution in [1.29, 1.82) is 0 Å². The highest BCUT2D eigenvalue weighted by atomic mass is 32.2. The Bertz CT molecular complexity index is 678. The molecule has 1 saturated carbocycles. The maximum atomic E-state index is 12.3. The second-order valence-electron chi connectivity index (χ2n) is 6.25. The van der Waals surface area contributed by atoms with Gasteiger partial charge in [-0.2, -0.15) is 0 Å². The van der Waals surface area contributed by atoms with Gasteiger partial charge in [0.25, 0.3) is 0 Å². The normalized spacial score (nSPS) is 21.8. The summed E-state index contributed by atoms with van der Waals surface area (Å²) in [7, 11) is -3.51. The Morgan fingerprint density at radius 3 is 2.62 bits per heavy atom. The molecule has 1 aliphatic carbocycles. The Balaban J connectivity index is 1.54. The molecule has 3 rings (SSSR count). The first-order valence-corrected chi connectivity index (χ1v) is 9.78. The third-order valence-electron chi connectivity index (χ3n) is 4.12. The van der Waals surface area contributed by atoms with Crippen LogP contribution < -0.4 is 15.8 Å². The molecule has 4 N–H and O–H groups in total. The largest absolute Gasteiger partial charge is 0.377 e. The second kappa shape index (κ2) is 7.50. The van der Waals surface area contributed by atoms with Crippen LogP contribution >= 0.6 is 0 Å². The summed E-state index contributed by atoms with van der Waals surface area (Å²) in [5, 5.41) is 3.11. The number of aliphatic imine (C=N–C) groups is 1. The molecule has 2 fully saturated rings. The topological polar surface area (TPSA) is 106 Å². The number of benzene rings is 1. The molecule has 1 saturated heterocycles. The lowest BCUT2D eigenvalue weighted by atomic mass is 10.2. The van der Waals surface area contributed by atoms with Crippen molar-refractivity contribution in [3.8, 4) is 0 Å². The van der Waals surface area contributed by atoms with Gasteiger partial charge in [0.1, 0.15) is 0 Å². The first-order chi connectivity index (χ1) is 11.5. The minimum Gasteiger partial charge on any atom is -0.377 e. The predicted octanol–water partition coefficient (Wildman–Crippen LogP) is 0.711. The first kappa shape index (κ1) is 17.2. The minimum atomic E-state index is -3.51. The van der Waals surface area contributed by atoms with Crippen LogP contribution in [0.1, 0.15) is 31.2 Å². The lowest BCUT2D eigenvalue weighted by Crippen LogP contribution is -2.33. The molecule has 1 unspecified atom stereocenters. The smallest absolute Gasteiger partial charge is 0.240 e. The fourth-order valence-corrected chi connectivity index (χ4v) is 3.59. The Kier molecular flexibility index (Phi) is 5.37. The number of guanidine groups is 1. The summed E-state index contributed by atoms with van der Waals surface area (Å²) in [5.41, 5.74) is 6.69. The van der Waals surface area contributed by atoms with Crippen LogP contribution in [0.15, 0.2) is 34.2 Å². The zero-order valence-electron chi connectivity index (χ0n) is 13.6. The SMILES string of the molecule is NC(=NCc1ccc(S(=O)(=O)NCC2CCCO2)cc1)NC1CC1. The molecule has 0 amide bonds. The van der Waals surface area contributed by atoms with E-state index in [1.807, 2.05) is 0 Å². The summed E-state index contributed by atoms with van der Waals surface area (Å²) in [5.74, 6) is 0.437. The Morgan fingerprint density at radius 1 is 1.25 bits per heavy atom. The molecule has 1 heterocycles. The van der Waals surface area contributed by atoms with Crippen LogP contribution in [0.25, 0.3) is 0 Å². The van der Waals surface area contributed by atoms with Crippen LogP contribution in [0.4, 0.5) is 0 Å². The molecule has 132 valence electrons. The van der Waals surface area contributed by atoms with Crippen molar-refractivity contribution in [1.82, 2.24) is 10.0 Å². The summed E-state index contributed by atoms with van der Waals surface area (Å²) in [6.45, 7) is 1.45. The molecule has 24 heavy (non-hydrogen) atoms. The van der Waals surface area contributed by atoms with E-state index in [0.717, 1.165) is 31.2 Å². The van der Waals surface area contributed by atoms with E-state index in [1.165, 1.54) is 0 Å². The first-order valence-electron chi connectivity index (χ1n) is 8.29. The van der Waals surface area contributed by atoms with Gasteiger partial charge in [0.2, 0.25) is 10.0 Å². The molecular weight excluding hydrogens is 328 g/mol. The van der Waals surface area contributed by atoms with E-state index >= 15 is 0 Å². The van der Waals surface area contributed by atoms with Crippen molar-refractivity contribution in [2.24, 2.45) is 10.7 Å². The van der Waals surface area contributed by atoms with Gasteiger partial charge >= 0.3 is 0 Å². The number of hydrogen-bond acceptors (Lipinski definition) is 4. The van der Waals surface area contributed by atoms with E-state index in [0.29, 0.717) is 31.7 Å². The average molecular weight is 352 g/mol. The number of rotatable bonds is 7. The maximum absolute atomic E-state index is 12.3. The molecule has 2 aliphatic rings. The van der Waals surface area contributed by atoms with Crippen molar-refractivity contribution >= 4 is 16.0 Å². The quantitative estimate of drug-likeness (QED) is 0.495. The average Bonchev–Trinajstić information content (AvgIpc) is 3.22. The standard InChI is InChI=1S/C16H24N4O3S/c17-16(20-13-5-6-13)18-10-12-3-7-15(8-4-12)24(21,22)19-11-14-2-1-9-23-14/h3-4,7-8,13-14,19H,1-2,5-6,9-11H2,(H3,17,18,20). The van der Waals surface area contributed by atoms with Gasteiger partial charge in [0, 0.05) is 19.2 Å². The predicted molar refractivity (Wildman–Crippen MR) is 92.1 cm³/mol. The number of nitrogens with two attached hydrogens (primary N) is 1. The number of nitrogens with zero attached hydrogens (tertiary/aromatic N) is 1. The molecular formula is C16H24N4O3S. The van der Waals surface area contributed by atoms with Gasteiger partial charge in [0.15, 0.2) is 5.96 Å². The number of nitrogens with one attached hydrogen (secondary N) is 2. The molecule has 0 radical (unpaired) electrons. The van der Waals surface area contributed by atoms with Crippen LogP contribution in [-0.2, 0) is 21.3 Å². The van der Waals surface area contributed by atoms with Crippen LogP contribution in [-0.4, -0.2) is 39.7 Å². The van der Waals surface area contributed by atoms with Gasteiger partial charge in [-0.15, -0.1) is 0 Å². The molecule has 8 heteroatoms. The van der Waals surface area contributed by atoms with Crippen molar-refractivity contribution in [2.75, 3.05) is 13.2 Å². The van der Waals surface area contributed by atoms with E-state index < -0.39 is 10.0 Å². The van der Waals surface area contributed by atoms with Crippen LogP contribution in [0.2, 0.25) is 0 Å². The van der Waals surface area contributed by atoms with E-state index in [4.69, 9.17) is 10.5 Å². The van der Waals surface area contributed by atoms with Crippen LogP contribution in [0, 0.1) is 0 Å². The Labute approximate surface area is 142 Å². The number of ether oxygens (including phenoxy) is 1. The summed E-state index contributed by atoms with van der Waals surface area (Å²) < 4.78 is 32.6. The monoisotopic (exact) mass is 352 g/mol. The van der Waals surface area contributed by atoms with Gasteiger partial charge in [-0.1, -0.05) is 12.1 Å². The molecule has 0 spiro atoms. The van der Waals surface area contributed by atoms with Gasteiger partial charge < -0.3 is 15.8 Å². The number of hydrogen-bond donors (Lipinski definition) is 3. The molecule has 0 bridgehead atoms. The molecule has 1 aromatic carbocycles. The second-order valence-corrected chi connectivity index (χ2v) is 8.02. The summed E-state index contributed by atoms with van der Waals surface area (Å²) in [6, 6.07) is 7.17. The summed E-state index contributed by atoms with van der Waals surface area (Å²) in [4.78, 5) is 4.50. The van der Waals surface area contributed by atoms with Gasteiger partial charge in [0.05, 0.1) is 17.5 Å². The number of sulfonamides is 1. The summed E-state index contributed by atoms with van der Waals surface area (Å²) >= 11 is 0. The van der Waals surface area contributed by atoms with E-state index in [1.54, 1.807) is 24.3 Å². The highest BCUT2D eigenvalue weighted by Crippen LogP contribution is 2.18. The maximum Gasteiger partial charge on any atom is 0.240 e. The fraction of sp³-hybridized carbons (Fsp3) is 0.562. The minimum absolute atomic E-state index is 0.0182. The fourth-order valence-electron chi connectivity index (χ4n) is 2.52. The third-order valence-corrected chi connectivity index (χ3v) is 5.56. The van der Waals surface area contributed by atoms with Gasteiger partial charge in [-0.3, -0.25) is 0 Å². The van der Waals surface area contributed by atoms with Crippen molar-refractivity contribution < 1.29 is 13.2 Å². The Hall–Kier alpha value is -1.64.